The van der Waals surface area contributed by atoms with Gasteiger partial charge in [-0.15, -0.1) is 10.2 Å². The number of rotatable bonds is 8. The molecule has 0 bridgehead atoms. The van der Waals surface area contributed by atoms with E-state index in [9.17, 15) is 0 Å². The first-order valence-electron chi connectivity index (χ1n) is 9.66. The minimum atomic E-state index is 0.739. The van der Waals surface area contributed by atoms with Crippen molar-refractivity contribution in [1.82, 2.24) is 30.4 Å². The van der Waals surface area contributed by atoms with Crippen molar-refractivity contribution in [2.75, 3.05) is 19.6 Å². The maximum Gasteiger partial charge on any atom is 0.191 e. The Kier molecular flexibility index (Phi) is 6.46. The van der Waals surface area contributed by atoms with Gasteiger partial charge in [-0.05, 0) is 37.5 Å². The largest absolute Gasteiger partial charge is 0.361 e. The number of aromatic nitrogens is 4. The van der Waals surface area contributed by atoms with E-state index in [4.69, 9.17) is 4.99 Å². The highest BCUT2D eigenvalue weighted by Gasteiger charge is 2.05. The maximum absolute atomic E-state index is 4.71. The molecule has 7 heteroatoms. The molecule has 0 saturated carbocycles. The van der Waals surface area contributed by atoms with Gasteiger partial charge in [-0.1, -0.05) is 19.1 Å². The number of hydrogen-bond donors (Lipinski definition) is 3. The lowest BCUT2D eigenvalue weighted by Gasteiger charge is -2.12. The summed E-state index contributed by atoms with van der Waals surface area (Å²) in [5, 5.41) is 16.1. The Balaban J connectivity index is 1.55. The van der Waals surface area contributed by atoms with Crippen LogP contribution in [0.4, 0.5) is 0 Å². The minimum absolute atomic E-state index is 0.739. The summed E-state index contributed by atoms with van der Waals surface area (Å²) in [5.74, 6) is 1.85. The first-order chi connectivity index (χ1) is 13.2. The third-order valence-electron chi connectivity index (χ3n) is 4.58. The summed E-state index contributed by atoms with van der Waals surface area (Å²) < 4.78 is 2.07. The fraction of sp³-hybridized carbons (Fsp3) is 0.450. The van der Waals surface area contributed by atoms with Crippen molar-refractivity contribution < 1.29 is 0 Å². The quantitative estimate of drug-likeness (QED) is 0.422. The molecule has 0 aliphatic rings. The number of fused-ring (bicyclic) bond motifs is 1. The van der Waals surface area contributed by atoms with Crippen LogP contribution in [0, 0.1) is 6.92 Å². The third-order valence-corrected chi connectivity index (χ3v) is 4.58. The van der Waals surface area contributed by atoms with E-state index in [1.807, 2.05) is 0 Å². The van der Waals surface area contributed by atoms with Gasteiger partial charge in [-0.25, -0.2) is 0 Å². The highest BCUT2D eigenvalue weighted by atomic mass is 15.3. The van der Waals surface area contributed by atoms with Gasteiger partial charge < -0.3 is 20.2 Å². The molecule has 0 aliphatic carbocycles. The van der Waals surface area contributed by atoms with E-state index in [1.165, 1.54) is 22.0 Å². The smallest absolute Gasteiger partial charge is 0.191 e. The van der Waals surface area contributed by atoms with Crippen LogP contribution >= 0.6 is 0 Å². The zero-order valence-corrected chi connectivity index (χ0v) is 16.4. The average molecular weight is 368 g/mol. The van der Waals surface area contributed by atoms with Crippen LogP contribution in [0.1, 0.15) is 30.8 Å². The Morgan fingerprint density at radius 3 is 2.96 bits per heavy atom. The van der Waals surface area contributed by atoms with E-state index >= 15 is 0 Å². The molecule has 3 rings (SSSR count). The summed E-state index contributed by atoms with van der Waals surface area (Å²) in [6.45, 7) is 9.46. The molecule has 2 aromatic heterocycles. The highest BCUT2D eigenvalue weighted by Crippen LogP contribution is 2.19. The fourth-order valence-corrected chi connectivity index (χ4v) is 3.17. The summed E-state index contributed by atoms with van der Waals surface area (Å²) in [4.78, 5) is 8.07. The normalized spacial score (nSPS) is 11.9. The molecule has 3 N–H and O–H groups in total. The zero-order chi connectivity index (χ0) is 19.1. The number of aliphatic imine (C=N–C) groups is 1. The van der Waals surface area contributed by atoms with E-state index in [-0.39, 0.29) is 0 Å². The molecular formula is C20H29N7. The van der Waals surface area contributed by atoms with Crippen LogP contribution in [0.5, 0.6) is 0 Å². The van der Waals surface area contributed by atoms with Crippen LogP contribution in [-0.2, 0) is 19.4 Å². The lowest BCUT2D eigenvalue weighted by atomic mass is 10.1. The highest BCUT2D eigenvalue weighted by molar-refractivity contribution is 5.84. The number of aryl methyl sites for hydroxylation is 2. The van der Waals surface area contributed by atoms with Crippen LogP contribution in [0.15, 0.2) is 35.7 Å². The zero-order valence-electron chi connectivity index (χ0n) is 16.4. The summed E-state index contributed by atoms with van der Waals surface area (Å²) >= 11 is 0. The second-order valence-corrected chi connectivity index (χ2v) is 6.59. The molecule has 1 aromatic carbocycles. The van der Waals surface area contributed by atoms with E-state index in [2.05, 4.69) is 75.5 Å². The molecule has 0 unspecified atom stereocenters. The Labute approximate surface area is 160 Å². The monoisotopic (exact) mass is 367 g/mol. The fourth-order valence-electron chi connectivity index (χ4n) is 3.17. The summed E-state index contributed by atoms with van der Waals surface area (Å²) in [6, 6.07) is 6.53. The number of H-pyrrole nitrogens is 1. The van der Waals surface area contributed by atoms with Crippen molar-refractivity contribution in [3.05, 3.63) is 47.7 Å². The first kappa shape index (κ1) is 18.9. The summed E-state index contributed by atoms with van der Waals surface area (Å²) in [6.07, 6.45) is 5.67. The molecule has 0 radical (unpaired) electrons. The summed E-state index contributed by atoms with van der Waals surface area (Å²) in [7, 11) is 0. The number of nitrogens with zero attached hydrogens (tertiary/aromatic N) is 4. The number of guanidine groups is 1. The van der Waals surface area contributed by atoms with Crippen LogP contribution in [-0.4, -0.2) is 45.3 Å². The molecule has 0 spiro atoms. The second kappa shape index (κ2) is 9.21. The molecule has 27 heavy (non-hydrogen) atoms. The number of benzene rings is 1. The SMILES string of the molecule is CCNC(=NCCc1c[nH]c2cc(C)ccc12)NCCn1cnnc1CC. The van der Waals surface area contributed by atoms with E-state index in [0.29, 0.717) is 0 Å². The molecule has 0 atom stereocenters. The third kappa shape index (κ3) is 4.87. The van der Waals surface area contributed by atoms with Crippen LogP contribution in [0.2, 0.25) is 0 Å². The number of nitrogens with one attached hydrogen (secondary N) is 3. The van der Waals surface area contributed by atoms with E-state index < -0.39 is 0 Å². The second-order valence-electron chi connectivity index (χ2n) is 6.59. The molecule has 0 fully saturated rings. The van der Waals surface area contributed by atoms with Gasteiger partial charge in [0.25, 0.3) is 0 Å². The van der Waals surface area contributed by atoms with Crippen LogP contribution in [0.25, 0.3) is 10.9 Å². The molecule has 0 saturated heterocycles. The Morgan fingerprint density at radius 1 is 1.26 bits per heavy atom. The first-order valence-corrected chi connectivity index (χ1v) is 9.66. The Hall–Kier alpha value is -2.83. The molecule has 3 aromatic rings. The predicted molar refractivity (Wildman–Crippen MR) is 110 cm³/mol. The van der Waals surface area contributed by atoms with Gasteiger partial charge in [0.15, 0.2) is 5.96 Å². The molecule has 2 heterocycles. The van der Waals surface area contributed by atoms with Gasteiger partial charge in [-0.2, -0.15) is 0 Å². The number of aromatic amines is 1. The van der Waals surface area contributed by atoms with Gasteiger partial charge in [0.05, 0.1) is 0 Å². The van der Waals surface area contributed by atoms with E-state index in [1.54, 1.807) is 6.33 Å². The van der Waals surface area contributed by atoms with Crippen molar-refractivity contribution in [2.24, 2.45) is 4.99 Å². The predicted octanol–water partition coefficient (Wildman–Crippen LogP) is 2.43. The maximum atomic E-state index is 4.71. The van der Waals surface area contributed by atoms with Crippen molar-refractivity contribution in [3.63, 3.8) is 0 Å². The lowest BCUT2D eigenvalue weighted by Crippen LogP contribution is -2.39. The molecular weight excluding hydrogens is 338 g/mol. The van der Waals surface area contributed by atoms with Crippen molar-refractivity contribution in [2.45, 2.75) is 40.2 Å². The van der Waals surface area contributed by atoms with Gasteiger partial charge in [0, 0.05) is 49.7 Å². The Morgan fingerprint density at radius 2 is 2.15 bits per heavy atom. The topological polar surface area (TPSA) is 82.9 Å². The van der Waals surface area contributed by atoms with Crippen molar-refractivity contribution >= 4 is 16.9 Å². The molecule has 0 aliphatic heterocycles. The van der Waals surface area contributed by atoms with Gasteiger partial charge in [0.1, 0.15) is 12.2 Å². The lowest BCUT2D eigenvalue weighted by molar-refractivity contribution is 0.632. The van der Waals surface area contributed by atoms with E-state index in [0.717, 1.165) is 50.8 Å². The average Bonchev–Trinajstić information content (AvgIpc) is 3.28. The van der Waals surface area contributed by atoms with Crippen LogP contribution < -0.4 is 10.6 Å². The summed E-state index contributed by atoms with van der Waals surface area (Å²) in [5.41, 5.74) is 3.77. The van der Waals surface area contributed by atoms with Gasteiger partial charge in [0.2, 0.25) is 0 Å². The van der Waals surface area contributed by atoms with Crippen molar-refractivity contribution in [3.8, 4) is 0 Å². The molecule has 7 nitrogen and oxygen atoms in total. The van der Waals surface area contributed by atoms with Crippen molar-refractivity contribution in [1.29, 1.82) is 0 Å². The molecule has 0 amide bonds. The number of hydrogen-bond acceptors (Lipinski definition) is 3. The Bertz CT molecular complexity index is 891. The van der Waals surface area contributed by atoms with Gasteiger partial charge in [-0.3, -0.25) is 4.99 Å². The standard InChI is InChI=1S/C20H29N7/c1-4-19-26-25-14-27(19)11-10-23-20(21-5-2)22-9-8-16-13-24-18-12-15(3)6-7-17(16)18/h6-7,12-14,24H,4-5,8-11H2,1-3H3,(H2,21,22,23). The van der Waals surface area contributed by atoms with Gasteiger partial charge >= 0.3 is 0 Å². The van der Waals surface area contributed by atoms with Crippen LogP contribution in [0.3, 0.4) is 0 Å². The minimum Gasteiger partial charge on any atom is -0.361 e. The molecule has 144 valence electrons.